The molecule has 1 aromatic carbocycles. The second kappa shape index (κ2) is 4.18. The number of hydrogen-bond donors (Lipinski definition) is 1. The number of alkyl halides is 2. The van der Waals surface area contributed by atoms with Gasteiger partial charge in [-0.3, -0.25) is 0 Å². The number of halogens is 2. The minimum Gasteiger partial charge on any atom is -0.435 e. The summed E-state index contributed by atoms with van der Waals surface area (Å²) in [4.78, 5) is 0. The number of benzene rings is 1. The highest BCUT2D eigenvalue weighted by Gasteiger charge is 2.08. The average Bonchev–Trinajstić information content (AvgIpc) is 2.65. The van der Waals surface area contributed by atoms with Crippen molar-refractivity contribution in [2.75, 3.05) is 5.73 Å². The van der Waals surface area contributed by atoms with E-state index in [2.05, 4.69) is 9.89 Å². The molecule has 16 heavy (non-hydrogen) atoms. The first-order chi connectivity index (χ1) is 7.66. The fourth-order valence-electron chi connectivity index (χ4n) is 1.28. The summed E-state index contributed by atoms with van der Waals surface area (Å²) in [5.74, 6) is 0.274. The molecule has 2 rings (SSSR count). The zero-order valence-electron chi connectivity index (χ0n) is 8.06. The summed E-state index contributed by atoms with van der Waals surface area (Å²) in [5.41, 5.74) is 6.85. The van der Waals surface area contributed by atoms with Crippen LogP contribution in [0.4, 0.5) is 14.7 Å². The minimum atomic E-state index is -2.83. The Hall–Kier alpha value is -2.11. The number of anilines is 1. The van der Waals surface area contributed by atoms with Crippen molar-refractivity contribution in [2.24, 2.45) is 0 Å². The summed E-state index contributed by atoms with van der Waals surface area (Å²) >= 11 is 0. The number of rotatable bonds is 3. The maximum atomic E-state index is 11.9. The smallest absolute Gasteiger partial charge is 0.387 e. The fraction of sp³-hybridized carbons (Fsp3) is 0.100. The molecule has 0 amide bonds. The molecule has 0 radical (unpaired) electrons. The van der Waals surface area contributed by atoms with Crippen molar-refractivity contribution < 1.29 is 18.0 Å². The second-order valence-corrected chi connectivity index (χ2v) is 3.01. The highest BCUT2D eigenvalue weighted by molar-refractivity contribution is 5.72. The van der Waals surface area contributed by atoms with Crippen molar-refractivity contribution in [3.63, 3.8) is 0 Å². The first kappa shape index (κ1) is 10.4. The zero-order valence-corrected chi connectivity index (χ0v) is 8.06. The molecule has 0 atom stereocenters. The Morgan fingerprint density at radius 2 is 1.94 bits per heavy atom. The summed E-state index contributed by atoms with van der Waals surface area (Å²) in [6, 6.07) is 6.04. The van der Waals surface area contributed by atoms with E-state index in [4.69, 9.17) is 10.3 Å². The van der Waals surface area contributed by atoms with Gasteiger partial charge >= 0.3 is 6.61 Å². The maximum Gasteiger partial charge on any atom is 0.387 e. The SMILES string of the molecule is Nc1oncc1-c1ccc(OC(F)F)cc1. The van der Waals surface area contributed by atoms with Gasteiger partial charge in [0.1, 0.15) is 5.75 Å². The van der Waals surface area contributed by atoms with Crippen LogP contribution in [0.15, 0.2) is 35.0 Å². The summed E-state index contributed by atoms with van der Waals surface area (Å²) in [7, 11) is 0. The van der Waals surface area contributed by atoms with Gasteiger partial charge in [0.2, 0.25) is 5.88 Å². The quantitative estimate of drug-likeness (QED) is 0.873. The largest absolute Gasteiger partial charge is 0.435 e. The van der Waals surface area contributed by atoms with Gasteiger partial charge in [-0.2, -0.15) is 8.78 Å². The van der Waals surface area contributed by atoms with E-state index in [1.165, 1.54) is 18.3 Å². The van der Waals surface area contributed by atoms with E-state index < -0.39 is 6.61 Å². The van der Waals surface area contributed by atoms with E-state index in [9.17, 15) is 8.78 Å². The van der Waals surface area contributed by atoms with Crippen molar-refractivity contribution >= 4 is 5.88 Å². The Morgan fingerprint density at radius 1 is 1.25 bits per heavy atom. The van der Waals surface area contributed by atoms with Crippen molar-refractivity contribution in [2.45, 2.75) is 6.61 Å². The van der Waals surface area contributed by atoms with Crippen LogP contribution in [-0.4, -0.2) is 11.8 Å². The average molecular weight is 226 g/mol. The zero-order chi connectivity index (χ0) is 11.5. The molecule has 0 unspecified atom stereocenters. The summed E-state index contributed by atoms with van der Waals surface area (Å²) < 4.78 is 32.7. The standard InChI is InChI=1S/C10H8F2N2O2/c11-10(12)15-7-3-1-6(2-4-7)8-5-14-16-9(8)13/h1-5,10H,13H2. The number of nitrogens with zero attached hydrogens (tertiary/aromatic N) is 1. The third-order valence-corrected chi connectivity index (χ3v) is 1.99. The van der Waals surface area contributed by atoms with Crippen molar-refractivity contribution in [1.29, 1.82) is 0 Å². The highest BCUT2D eigenvalue weighted by Crippen LogP contribution is 2.27. The van der Waals surface area contributed by atoms with Crippen LogP contribution < -0.4 is 10.5 Å². The third-order valence-electron chi connectivity index (χ3n) is 1.99. The molecule has 0 aliphatic carbocycles. The molecule has 2 N–H and O–H groups in total. The van der Waals surface area contributed by atoms with Gasteiger partial charge in [-0.25, -0.2) is 0 Å². The molecular weight excluding hydrogens is 218 g/mol. The van der Waals surface area contributed by atoms with Crippen LogP contribution in [0.25, 0.3) is 11.1 Å². The van der Waals surface area contributed by atoms with Gasteiger partial charge in [0, 0.05) is 0 Å². The molecule has 2 aromatic rings. The monoisotopic (exact) mass is 226 g/mol. The van der Waals surface area contributed by atoms with Crippen LogP contribution in [0.5, 0.6) is 5.75 Å². The molecule has 1 aromatic heterocycles. The van der Waals surface area contributed by atoms with Gasteiger partial charge in [0.05, 0.1) is 11.8 Å². The molecule has 0 saturated carbocycles. The number of aromatic nitrogens is 1. The van der Waals surface area contributed by atoms with Crippen LogP contribution in [0.1, 0.15) is 0 Å². The molecule has 0 fully saturated rings. The van der Waals surface area contributed by atoms with Crippen molar-refractivity contribution in [1.82, 2.24) is 5.16 Å². The Morgan fingerprint density at radius 3 is 2.44 bits per heavy atom. The number of nitrogens with two attached hydrogens (primary N) is 1. The minimum absolute atomic E-state index is 0.0915. The molecule has 0 saturated heterocycles. The molecule has 0 aliphatic rings. The van der Waals surface area contributed by atoms with E-state index in [1.807, 2.05) is 0 Å². The van der Waals surface area contributed by atoms with Gasteiger partial charge in [0.15, 0.2) is 0 Å². The second-order valence-electron chi connectivity index (χ2n) is 3.01. The normalized spacial score (nSPS) is 10.7. The molecular formula is C10H8F2N2O2. The lowest BCUT2D eigenvalue weighted by molar-refractivity contribution is -0.0498. The molecule has 0 aliphatic heterocycles. The Kier molecular flexibility index (Phi) is 2.72. The van der Waals surface area contributed by atoms with Crippen molar-refractivity contribution in [3.05, 3.63) is 30.5 Å². The lowest BCUT2D eigenvalue weighted by Crippen LogP contribution is -2.01. The van der Waals surface area contributed by atoms with Gasteiger partial charge in [-0.1, -0.05) is 17.3 Å². The summed E-state index contributed by atoms with van der Waals surface area (Å²) in [6.45, 7) is -2.83. The Labute approximate surface area is 89.6 Å². The predicted octanol–water partition coefficient (Wildman–Crippen LogP) is 2.53. The topological polar surface area (TPSA) is 61.3 Å². The molecule has 84 valence electrons. The first-order valence-electron chi connectivity index (χ1n) is 4.42. The Bertz CT molecular complexity index is 468. The van der Waals surface area contributed by atoms with Crippen LogP contribution in [0.3, 0.4) is 0 Å². The van der Waals surface area contributed by atoms with E-state index in [1.54, 1.807) is 12.1 Å². The van der Waals surface area contributed by atoms with Crippen LogP contribution >= 0.6 is 0 Å². The molecule has 0 spiro atoms. The first-order valence-corrected chi connectivity index (χ1v) is 4.42. The van der Waals surface area contributed by atoms with Gasteiger partial charge < -0.3 is 15.0 Å². The highest BCUT2D eigenvalue weighted by atomic mass is 19.3. The lowest BCUT2D eigenvalue weighted by atomic mass is 10.1. The van der Waals surface area contributed by atoms with E-state index in [0.717, 1.165) is 5.56 Å². The summed E-state index contributed by atoms with van der Waals surface area (Å²) in [6.07, 6.45) is 1.46. The molecule has 4 nitrogen and oxygen atoms in total. The lowest BCUT2D eigenvalue weighted by Gasteiger charge is -2.04. The van der Waals surface area contributed by atoms with Crippen LogP contribution in [-0.2, 0) is 0 Å². The number of nitrogen functional groups attached to an aromatic ring is 1. The molecule has 0 bridgehead atoms. The summed E-state index contributed by atoms with van der Waals surface area (Å²) in [5, 5.41) is 3.52. The van der Waals surface area contributed by atoms with Crippen molar-refractivity contribution in [3.8, 4) is 16.9 Å². The van der Waals surface area contributed by atoms with E-state index in [0.29, 0.717) is 5.56 Å². The van der Waals surface area contributed by atoms with Gasteiger partial charge in [-0.15, -0.1) is 0 Å². The number of hydrogen-bond acceptors (Lipinski definition) is 4. The van der Waals surface area contributed by atoms with E-state index in [-0.39, 0.29) is 11.6 Å². The van der Waals surface area contributed by atoms with Crippen LogP contribution in [0.2, 0.25) is 0 Å². The van der Waals surface area contributed by atoms with Crippen LogP contribution in [0, 0.1) is 0 Å². The van der Waals surface area contributed by atoms with E-state index >= 15 is 0 Å². The third kappa shape index (κ3) is 2.10. The van der Waals surface area contributed by atoms with Gasteiger partial charge in [-0.05, 0) is 17.7 Å². The Balaban J connectivity index is 2.23. The number of ether oxygens (including phenoxy) is 1. The van der Waals surface area contributed by atoms with Gasteiger partial charge in [0.25, 0.3) is 0 Å². The fourth-order valence-corrected chi connectivity index (χ4v) is 1.28. The molecule has 6 heteroatoms. The predicted molar refractivity (Wildman–Crippen MR) is 53.0 cm³/mol. The molecule has 1 heterocycles. The maximum absolute atomic E-state index is 11.9.